The molecule has 0 bridgehead atoms. The van der Waals surface area contributed by atoms with E-state index in [2.05, 4.69) is 16.0 Å². The maximum atomic E-state index is 12.4. The van der Waals surface area contributed by atoms with Crippen LogP contribution in [0.5, 0.6) is 5.75 Å². The van der Waals surface area contributed by atoms with E-state index >= 15 is 0 Å². The lowest BCUT2D eigenvalue weighted by Gasteiger charge is -2.11. The summed E-state index contributed by atoms with van der Waals surface area (Å²) in [6.45, 7) is 1.22. The molecule has 0 spiro atoms. The monoisotopic (exact) mass is 341 g/mol. The van der Waals surface area contributed by atoms with Gasteiger partial charge in [0.1, 0.15) is 5.75 Å². The van der Waals surface area contributed by atoms with Crippen LogP contribution in [0.15, 0.2) is 48.5 Å². The zero-order chi connectivity index (χ0) is 18.2. The zero-order valence-electron chi connectivity index (χ0n) is 14.0. The van der Waals surface area contributed by atoms with Crippen LogP contribution in [-0.2, 0) is 9.59 Å². The summed E-state index contributed by atoms with van der Waals surface area (Å²) in [5.41, 5.74) is 1.44. The largest absolute Gasteiger partial charge is 0.496 e. The molecule has 2 rings (SSSR count). The molecule has 2 aromatic carbocycles. The van der Waals surface area contributed by atoms with Crippen LogP contribution in [0.1, 0.15) is 17.3 Å². The minimum absolute atomic E-state index is 0.118. The van der Waals surface area contributed by atoms with Crippen LogP contribution >= 0.6 is 0 Å². The number of ether oxygens (including phenoxy) is 1. The first kappa shape index (κ1) is 18.0. The lowest BCUT2D eigenvalue weighted by atomic mass is 10.2. The fraction of sp³-hybridized carbons (Fsp3) is 0.167. The van der Waals surface area contributed by atoms with Gasteiger partial charge in [0.2, 0.25) is 11.8 Å². The molecule has 0 saturated carbocycles. The summed E-state index contributed by atoms with van der Waals surface area (Å²) in [6, 6.07) is 13.6. The van der Waals surface area contributed by atoms with E-state index in [1.54, 1.807) is 48.5 Å². The van der Waals surface area contributed by atoms with Gasteiger partial charge in [-0.2, -0.15) is 0 Å². The van der Waals surface area contributed by atoms with Gasteiger partial charge in [-0.25, -0.2) is 0 Å². The Morgan fingerprint density at radius 3 is 2.32 bits per heavy atom. The molecule has 0 aliphatic carbocycles. The van der Waals surface area contributed by atoms with Gasteiger partial charge in [-0.1, -0.05) is 18.2 Å². The lowest BCUT2D eigenvalue weighted by molar-refractivity contribution is -0.122. The van der Waals surface area contributed by atoms with E-state index in [0.29, 0.717) is 22.7 Å². The first-order valence-corrected chi connectivity index (χ1v) is 7.58. The first-order valence-electron chi connectivity index (χ1n) is 7.58. The van der Waals surface area contributed by atoms with Crippen molar-refractivity contribution in [2.75, 3.05) is 24.3 Å². The minimum Gasteiger partial charge on any atom is -0.496 e. The van der Waals surface area contributed by atoms with Crippen molar-refractivity contribution < 1.29 is 19.1 Å². The lowest BCUT2D eigenvalue weighted by Crippen LogP contribution is -2.31. The van der Waals surface area contributed by atoms with E-state index in [4.69, 9.17) is 4.74 Å². The molecule has 3 N–H and O–H groups in total. The predicted octanol–water partition coefficient (Wildman–Crippen LogP) is 2.02. The quantitative estimate of drug-likeness (QED) is 0.749. The molecule has 0 saturated heterocycles. The molecule has 25 heavy (non-hydrogen) atoms. The van der Waals surface area contributed by atoms with Crippen molar-refractivity contribution in [1.29, 1.82) is 0 Å². The predicted molar refractivity (Wildman–Crippen MR) is 94.7 cm³/mol. The molecule has 130 valence electrons. The van der Waals surface area contributed by atoms with Crippen LogP contribution in [0.3, 0.4) is 0 Å². The second-order valence-electron chi connectivity index (χ2n) is 5.19. The fourth-order valence-electron chi connectivity index (χ4n) is 2.12. The van der Waals surface area contributed by atoms with Crippen LogP contribution in [-0.4, -0.2) is 31.4 Å². The maximum Gasteiger partial charge on any atom is 0.259 e. The van der Waals surface area contributed by atoms with Crippen LogP contribution in [0, 0.1) is 0 Å². The second-order valence-corrected chi connectivity index (χ2v) is 5.19. The van der Waals surface area contributed by atoms with Gasteiger partial charge in [0.25, 0.3) is 5.91 Å². The van der Waals surface area contributed by atoms with Crippen LogP contribution in [0.25, 0.3) is 0 Å². The number of methoxy groups -OCH3 is 1. The summed E-state index contributed by atoms with van der Waals surface area (Å²) in [7, 11) is 1.50. The van der Waals surface area contributed by atoms with Crippen molar-refractivity contribution >= 4 is 29.1 Å². The summed E-state index contributed by atoms with van der Waals surface area (Å²) in [5, 5.41) is 7.81. The Morgan fingerprint density at radius 2 is 1.64 bits per heavy atom. The molecule has 0 aromatic heterocycles. The van der Waals surface area contributed by atoms with Gasteiger partial charge in [-0.3, -0.25) is 14.4 Å². The normalized spacial score (nSPS) is 9.84. The topological polar surface area (TPSA) is 96.5 Å². The Hall–Kier alpha value is -3.35. The average molecular weight is 341 g/mol. The molecular weight excluding hydrogens is 322 g/mol. The van der Waals surface area contributed by atoms with E-state index in [0.717, 1.165) is 0 Å². The summed E-state index contributed by atoms with van der Waals surface area (Å²) >= 11 is 0. The van der Waals surface area contributed by atoms with Gasteiger partial charge in [-0.05, 0) is 30.3 Å². The van der Waals surface area contributed by atoms with Gasteiger partial charge in [0.15, 0.2) is 0 Å². The molecule has 0 unspecified atom stereocenters. The minimum atomic E-state index is -0.358. The number of amides is 3. The number of benzene rings is 2. The molecule has 0 atom stereocenters. The number of carbonyl (C=O) groups excluding carboxylic acids is 3. The Bertz CT molecular complexity index is 789. The number of para-hydroxylation sites is 1. The van der Waals surface area contributed by atoms with E-state index in [-0.39, 0.29) is 24.3 Å². The smallest absolute Gasteiger partial charge is 0.259 e. The Morgan fingerprint density at radius 1 is 0.960 bits per heavy atom. The number of carbonyl (C=O) groups is 3. The van der Waals surface area contributed by atoms with Crippen molar-refractivity contribution in [3.63, 3.8) is 0 Å². The summed E-state index contributed by atoms with van der Waals surface area (Å²) in [6.07, 6.45) is 0. The SMILES string of the molecule is COc1ccccc1C(=O)Nc1cccc(NC(=O)CNC(C)=O)c1. The van der Waals surface area contributed by atoms with Gasteiger partial charge < -0.3 is 20.7 Å². The van der Waals surface area contributed by atoms with E-state index in [9.17, 15) is 14.4 Å². The van der Waals surface area contributed by atoms with Crippen molar-refractivity contribution in [1.82, 2.24) is 5.32 Å². The van der Waals surface area contributed by atoms with Gasteiger partial charge in [-0.15, -0.1) is 0 Å². The molecule has 3 amide bonds. The number of hydrogen-bond acceptors (Lipinski definition) is 4. The van der Waals surface area contributed by atoms with Crippen molar-refractivity contribution in [2.45, 2.75) is 6.92 Å². The number of rotatable bonds is 6. The molecule has 7 nitrogen and oxygen atoms in total. The van der Waals surface area contributed by atoms with Crippen molar-refractivity contribution in [3.05, 3.63) is 54.1 Å². The zero-order valence-corrected chi connectivity index (χ0v) is 14.0. The Balaban J connectivity index is 2.04. The summed E-state index contributed by atoms with van der Waals surface area (Å²) < 4.78 is 5.17. The first-order chi connectivity index (χ1) is 12.0. The van der Waals surface area contributed by atoms with Crippen LogP contribution in [0.2, 0.25) is 0 Å². The van der Waals surface area contributed by atoms with Crippen molar-refractivity contribution in [3.8, 4) is 5.75 Å². The van der Waals surface area contributed by atoms with Gasteiger partial charge in [0.05, 0.1) is 19.2 Å². The molecule has 0 aliphatic heterocycles. The highest BCUT2D eigenvalue weighted by Gasteiger charge is 2.12. The standard InChI is InChI=1S/C18H19N3O4/c1-12(22)19-11-17(23)20-13-6-5-7-14(10-13)21-18(24)15-8-3-4-9-16(15)25-2/h3-10H,11H2,1-2H3,(H,19,22)(H,20,23)(H,21,24). The molecule has 0 fully saturated rings. The van der Waals surface area contributed by atoms with Gasteiger partial charge >= 0.3 is 0 Å². The fourth-order valence-corrected chi connectivity index (χ4v) is 2.12. The van der Waals surface area contributed by atoms with Gasteiger partial charge in [0, 0.05) is 18.3 Å². The van der Waals surface area contributed by atoms with Crippen LogP contribution in [0.4, 0.5) is 11.4 Å². The molecule has 2 aromatic rings. The third kappa shape index (κ3) is 5.35. The number of hydrogen-bond donors (Lipinski definition) is 3. The number of anilines is 2. The maximum absolute atomic E-state index is 12.4. The molecular formula is C18H19N3O4. The molecule has 0 aliphatic rings. The molecule has 0 heterocycles. The Labute approximate surface area is 145 Å². The average Bonchev–Trinajstić information content (AvgIpc) is 2.60. The highest BCUT2D eigenvalue weighted by atomic mass is 16.5. The van der Waals surface area contributed by atoms with Crippen LogP contribution < -0.4 is 20.7 Å². The summed E-state index contributed by atoms with van der Waals surface area (Å²) in [4.78, 5) is 34.9. The molecule has 7 heteroatoms. The van der Waals surface area contributed by atoms with E-state index < -0.39 is 0 Å². The van der Waals surface area contributed by atoms with E-state index in [1.165, 1.54) is 14.0 Å². The van der Waals surface area contributed by atoms with Crippen molar-refractivity contribution in [2.24, 2.45) is 0 Å². The summed E-state index contributed by atoms with van der Waals surface area (Å²) in [5.74, 6) is -0.490. The number of nitrogens with one attached hydrogen (secondary N) is 3. The second kappa shape index (κ2) is 8.49. The molecule has 0 radical (unpaired) electrons. The third-order valence-electron chi connectivity index (χ3n) is 3.25. The Kier molecular flexibility index (Phi) is 6.11. The highest BCUT2D eigenvalue weighted by Crippen LogP contribution is 2.20. The van der Waals surface area contributed by atoms with E-state index in [1.807, 2.05) is 0 Å². The highest BCUT2D eigenvalue weighted by molar-refractivity contribution is 6.06. The third-order valence-corrected chi connectivity index (χ3v) is 3.25.